The van der Waals surface area contributed by atoms with Crippen LogP contribution in [0.15, 0.2) is 53.7 Å². The number of amides is 2. The molecule has 7 heteroatoms. The van der Waals surface area contributed by atoms with Crippen LogP contribution in [0.1, 0.15) is 18.4 Å². The number of thioether (sulfide) groups is 1. The van der Waals surface area contributed by atoms with Crippen LogP contribution in [0.3, 0.4) is 0 Å². The minimum absolute atomic E-state index is 0.214. The molecule has 0 bridgehead atoms. The monoisotopic (exact) mass is 349 g/mol. The summed E-state index contributed by atoms with van der Waals surface area (Å²) in [6.07, 6.45) is 5.37. The molecule has 1 aromatic carbocycles. The third-order valence-electron chi connectivity index (χ3n) is 3.66. The maximum atomic E-state index is 12.6. The van der Waals surface area contributed by atoms with Crippen LogP contribution in [0.5, 0.6) is 0 Å². The fourth-order valence-electron chi connectivity index (χ4n) is 2.38. The number of anilines is 1. The Kier molecular flexibility index (Phi) is 5.30. The van der Waals surface area contributed by atoms with Gasteiger partial charge in [0.15, 0.2) is 0 Å². The van der Waals surface area contributed by atoms with Gasteiger partial charge in [0, 0.05) is 35.6 Å². The lowest BCUT2D eigenvalue weighted by Crippen LogP contribution is -2.36. The van der Waals surface area contributed by atoms with E-state index in [1.165, 1.54) is 0 Å². The Labute approximate surface area is 143 Å². The van der Waals surface area contributed by atoms with Gasteiger partial charge >= 0.3 is 6.03 Å². The molecule has 1 N–H and O–H groups in total. The van der Waals surface area contributed by atoms with E-state index in [2.05, 4.69) is 10.3 Å². The molecular weight excluding hydrogens is 332 g/mol. The second-order valence-electron chi connectivity index (χ2n) is 5.55. The Hall–Kier alpha value is -2.15. The first-order valence-electron chi connectivity index (χ1n) is 7.63. The van der Waals surface area contributed by atoms with Crippen molar-refractivity contribution in [2.24, 2.45) is 0 Å². The average Bonchev–Trinajstić information content (AvgIpc) is 3.38. The zero-order chi connectivity index (χ0) is 16.9. The largest absolute Gasteiger partial charge is 0.322 e. The number of aromatic nitrogens is 1. The quantitative estimate of drug-likeness (QED) is 0.776. The summed E-state index contributed by atoms with van der Waals surface area (Å²) in [5, 5.41) is 2.81. The van der Waals surface area contributed by atoms with Crippen LogP contribution in [0.2, 0.25) is 0 Å². The molecule has 3 rings (SSSR count). The van der Waals surface area contributed by atoms with Crippen molar-refractivity contribution in [1.82, 2.24) is 9.88 Å². The lowest BCUT2D eigenvalue weighted by Gasteiger charge is -2.23. The number of benzene rings is 1. The molecule has 0 saturated heterocycles. The number of hydrogen-bond donors (Lipinski definition) is 1. The van der Waals surface area contributed by atoms with Crippen molar-refractivity contribution in [2.45, 2.75) is 36.1 Å². The number of alkyl halides is 2. The maximum Gasteiger partial charge on any atom is 0.322 e. The Morgan fingerprint density at radius 2 is 2.04 bits per heavy atom. The molecule has 0 atom stereocenters. The number of hydrogen-bond acceptors (Lipinski definition) is 3. The summed E-state index contributed by atoms with van der Waals surface area (Å²) in [7, 11) is 0. The molecule has 1 aromatic heterocycles. The molecule has 0 spiro atoms. The van der Waals surface area contributed by atoms with E-state index < -0.39 is 5.76 Å². The first-order valence-corrected chi connectivity index (χ1v) is 8.51. The van der Waals surface area contributed by atoms with Crippen LogP contribution in [0.25, 0.3) is 0 Å². The zero-order valence-electron chi connectivity index (χ0n) is 12.9. The smallest absolute Gasteiger partial charge is 0.317 e. The highest BCUT2D eigenvalue weighted by atomic mass is 32.2. The molecule has 0 radical (unpaired) electrons. The lowest BCUT2D eigenvalue weighted by atomic mass is 10.2. The van der Waals surface area contributed by atoms with Gasteiger partial charge in [-0.25, -0.2) is 4.79 Å². The molecule has 0 unspecified atom stereocenters. The Balaban J connectivity index is 1.67. The number of nitrogens with zero attached hydrogens (tertiary/aromatic N) is 2. The van der Waals surface area contributed by atoms with E-state index in [1.807, 2.05) is 12.1 Å². The third-order valence-corrected chi connectivity index (χ3v) is 4.37. The van der Waals surface area contributed by atoms with Gasteiger partial charge in [0.05, 0.1) is 0 Å². The van der Waals surface area contributed by atoms with Gasteiger partial charge in [0.25, 0.3) is 5.76 Å². The second-order valence-corrected chi connectivity index (χ2v) is 6.61. The van der Waals surface area contributed by atoms with Gasteiger partial charge in [0.2, 0.25) is 0 Å². The molecule has 126 valence electrons. The third kappa shape index (κ3) is 4.67. The molecule has 1 fully saturated rings. The summed E-state index contributed by atoms with van der Waals surface area (Å²) < 4.78 is 24.9. The van der Waals surface area contributed by atoms with Gasteiger partial charge in [-0.3, -0.25) is 4.98 Å². The molecular formula is C17H17F2N3OS. The zero-order valence-corrected chi connectivity index (χ0v) is 13.7. The van der Waals surface area contributed by atoms with Crippen LogP contribution in [0.4, 0.5) is 19.3 Å². The Morgan fingerprint density at radius 1 is 1.29 bits per heavy atom. The van der Waals surface area contributed by atoms with Gasteiger partial charge in [-0.1, -0.05) is 17.8 Å². The van der Waals surface area contributed by atoms with Crippen molar-refractivity contribution in [2.75, 3.05) is 5.32 Å². The van der Waals surface area contributed by atoms with E-state index in [0.29, 0.717) is 28.9 Å². The fourth-order valence-corrected chi connectivity index (χ4v) is 2.94. The van der Waals surface area contributed by atoms with Crippen molar-refractivity contribution in [3.05, 3.63) is 54.4 Å². The predicted molar refractivity (Wildman–Crippen MR) is 90.1 cm³/mol. The number of rotatable bonds is 6. The number of nitrogens with one attached hydrogen (secondary N) is 1. The van der Waals surface area contributed by atoms with Crippen molar-refractivity contribution in [3.63, 3.8) is 0 Å². The fraction of sp³-hybridized carbons (Fsp3) is 0.294. The van der Waals surface area contributed by atoms with Crippen LogP contribution in [-0.2, 0) is 6.54 Å². The SMILES string of the molecule is O=C(Nc1cccc(SC(F)F)c1)N(Cc1ccncc1)C1CC1. The maximum absolute atomic E-state index is 12.6. The number of pyridine rings is 1. The number of carbonyl (C=O) groups is 1. The summed E-state index contributed by atoms with van der Waals surface area (Å²) >= 11 is 0.464. The highest BCUT2D eigenvalue weighted by molar-refractivity contribution is 7.99. The van der Waals surface area contributed by atoms with Gasteiger partial charge < -0.3 is 10.2 Å². The summed E-state index contributed by atoms with van der Waals surface area (Å²) in [5.41, 5.74) is 1.53. The van der Waals surface area contributed by atoms with Crippen molar-refractivity contribution < 1.29 is 13.6 Å². The number of halogens is 2. The second kappa shape index (κ2) is 7.61. The Morgan fingerprint density at radius 3 is 2.71 bits per heavy atom. The molecule has 2 amide bonds. The summed E-state index contributed by atoms with van der Waals surface area (Å²) in [4.78, 5) is 18.8. The van der Waals surface area contributed by atoms with E-state index in [0.717, 1.165) is 18.4 Å². The highest BCUT2D eigenvalue weighted by Gasteiger charge is 2.32. The molecule has 1 heterocycles. The minimum Gasteiger partial charge on any atom is -0.317 e. The van der Waals surface area contributed by atoms with Gasteiger partial charge in [0.1, 0.15) is 0 Å². The number of urea groups is 1. The minimum atomic E-state index is -2.48. The number of carbonyl (C=O) groups excluding carboxylic acids is 1. The molecule has 2 aromatic rings. The average molecular weight is 349 g/mol. The van der Waals surface area contributed by atoms with Crippen LogP contribution in [-0.4, -0.2) is 27.7 Å². The molecule has 1 saturated carbocycles. The van der Waals surface area contributed by atoms with E-state index in [9.17, 15) is 13.6 Å². The van der Waals surface area contributed by atoms with E-state index >= 15 is 0 Å². The topological polar surface area (TPSA) is 45.2 Å². The van der Waals surface area contributed by atoms with E-state index in [4.69, 9.17) is 0 Å². The molecule has 24 heavy (non-hydrogen) atoms. The van der Waals surface area contributed by atoms with E-state index in [1.54, 1.807) is 41.6 Å². The lowest BCUT2D eigenvalue weighted by molar-refractivity contribution is 0.206. The normalized spacial score (nSPS) is 13.8. The van der Waals surface area contributed by atoms with Crippen molar-refractivity contribution >= 4 is 23.5 Å². The Bertz CT molecular complexity index is 695. The predicted octanol–water partition coefficient (Wildman–Crippen LogP) is 4.59. The van der Waals surface area contributed by atoms with Gasteiger partial charge in [-0.15, -0.1) is 0 Å². The summed E-state index contributed by atoms with van der Waals surface area (Å²) in [6.45, 7) is 0.504. The first kappa shape index (κ1) is 16.7. The standard InChI is InChI=1S/C17H17F2N3OS/c18-16(19)24-15-3-1-2-13(10-15)21-17(23)22(14-4-5-14)11-12-6-8-20-9-7-12/h1-3,6-10,14,16H,4-5,11H2,(H,21,23). The van der Waals surface area contributed by atoms with Gasteiger partial charge in [-0.05, 0) is 48.7 Å². The van der Waals surface area contributed by atoms with Crippen molar-refractivity contribution in [3.8, 4) is 0 Å². The summed E-state index contributed by atoms with van der Waals surface area (Å²) in [6, 6.07) is 10.3. The summed E-state index contributed by atoms with van der Waals surface area (Å²) in [5.74, 6) is -2.48. The van der Waals surface area contributed by atoms with Crippen LogP contribution >= 0.6 is 11.8 Å². The van der Waals surface area contributed by atoms with Gasteiger partial charge in [-0.2, -0.15) is 8.78 Å². The first-order chi connectivity index (χ1) is 11.6. The van der Waals surface area contributed by atoms with Crippen LogP contribution < -0.4 is 5.32 Å². The molecule has 0 aliphatic heterocycles. The van der Waals surface area contributed by atoms with Crippen LogP contribution in [0, 0.1) is 0 Å². The molecule has 4 nitrogen and oxygen atoms in total. The molecule has 1 aliphatic rings. The van der Waals surface area contributed by atoms with Crippen molar-refractivity contribution in [1.29, 1.82) is 0 Å². The molecule has 1 aliphatic carbocycles. The van der Waals surface area contributed by atoms with E-state index in [-0.39, 0.29) is 12.1 Å². The highest BCUT2D eigenvalue weighted by Crippen LogP contribution is 2.30.